The van der Waals surface area contributed by atoms with Crippen LogP contribution in [0.1, 0.15) is 11.1 Å². The average molecular weight is 373 g/mol. The molecule has 1 fully saturated rings. The number of ether oxygens (including phenoxy) is 1. The molecule has 2 aromatic rings. The van der Waals surface area contributed by atoms with Gasteiger partial charge < -0.3 is 25.2 Å². The second-order valence-electron chi connectivity index (χ2n) is 6.78. The van der Waals surface area contributed by atoms with Gasteiger partial charge in [0.25, 0.3) is 0 Å². The van der Waals surface area contributed by atoms with Crippen molar-refractivity contribution in [2.75, 3.05) is 5.06 Å². The van der Waals surface area contributed by atoms with Gasteiger partial charge in [0.1, 0.15) is 18.3 Å². The minimum Gasteiger partial charge on any atom is -0.479 e. The van der Waals surface area contributed by atoms with Crippen molar-refractivity contribution in [3.05, 3.63) is 53.6 Å². The smallest absolute Gasteiger partial charge is 0.335 e. The van der Waals surface area contributed by atoms with Gasteiger partial charge in [-0.25, -0.2) is 9.86 Å². The summed E-state index contributed by atoms with van der Waals surface area (Å²) < 4.78 is 5.16. The molecule has 8 nitrogen and oxygen atoms in total. The molecule has 0 bridgehead atoms. The number of carbonyl (C=O) groups is 1. The van der Waals surface area contributed by atoms with Gasteiger partial charge in [-0.1, -0.05) is 30.3 Å². The van der Waals surface area contributed by atoms with E-state index in [2.05, 4.69) is 0 Å². The predicted octanol–water partition coefficient (Wildman–Crippen LogP) is 0.346. The highest BCUT2D eigenvalue weighted by Crippen LogP contribution is 2.38. The predicted molar refractivity (Wildman–Crippen MR) is 93.3 cm³/mol. The molecule has 4 rings (SSSR count). The van der Waals surface area contributed by atoms with E-state index in [9.17, 15) is 25.3 Å². The summed E-state index contributed by atoms with van der Waals surface area (Å²) in [5.74, 6) is -1.50. The number of nitrogens with zero attached hydrogens (tertiary/aromatic N) is 1. The highest BCUT2D eigenvalue weighted by atomic mass is 16.6. The van der Waals surface area contributed by atoms with Crippen molar-refractivity contribution in [3.8, 4) is 11.1 Å². The van der Waals surface area contributed by atoms with E-state index in [1.54, 1.807) is 12.1 Å². The van der Waals surface area contributed by atoms with E-state index in [1.807, 2.05) is 30.3 Å². The Kier molecular flexibility index (Phi) is 4.37. The zero-order valence-electron chi connectivity index (χ0n) is 14.1. The number of carboxylic acid groups (broad SMARTS) is 1. The molecule has 5 atom stereocenters. The van der Waals surface area contributed by atoms with Gasteiger partial charge in [0, 0.05) is 0 Å². The largest absolute Gasteiger partial charge is 0.479 e. The van der Waals surface area contributed by atoms with Crippen LogP contribution in [0.2, 0.25) is 0 Å². The summed E-state index contributed by atoms with van der Waals surface area (Å²) in [5, 5.41) is 50.1. The lowest BCUT2D eigenvalue weighted by atomic mass is 9.97. The van der Waals surface area contributed by atoms with Gasteiger partial charge in [0.05, 0.1) is 5.69 Å². The molecule has 1 aliphatic heterocycles. The van der Waals surface area contributed by atoms with Gasteiger partial charge in [-0.2, -0.15) is 0 Å². The van der Waals surface area contributed by atoms with E-state index in [0.717, 1.165) is 22.3 Å². The molecule has 1 heterocycles. The Hall–Kier alpha value is -2.49. The highest BCUT2D eigenvalue weighted by molar-refractivity contribution is 5.78. The number of fused-ring (bicyclic) bond motifs is 3. The fourth-order valence-corrected chi connectivity index (χ4v) is 3.69. The van der Waals surface area contributed by atoms with Crippen molar-refractivity contribution >= 4 is 11.7 Å². The maximum Gasteiger partial charge on any atom is 0.335 e. The summed E-state index contributed by atoms with van der Waals surface area (Å²) in [6, 6.07) is 13.1. The first-order chi connectivity index (χ1) is 12.9. The SMILES string of the molecule is O=C(O)[C@H]1O[C@@H](N(O)c2ccc3c(c2)Cc2ccccc2-3)[C@H](O)[C@@H](O)[C@@H]1O. The second kappa shape index (κ2) is 6.59. The van der Waals surface area contributed by atoms with Crippen molar-refractivity contribution in [2.24, 2.45) is 0 Å². The van der Waals surface area contributed by atoms with Crippen molar-refractivity contribution in [1.29, 1.82) is 0 Å². The van der Waals surface area contributed by atoms with E-state index in [-0.39, 0.29) is 5.69 Å². The van der Waals surface area contributed by atoms with Crippen LogP contribution < -0.4 is 5.06 Å². The lowest BCUT2D eigenvalue weighted by Gasteiger charge is -2.41. The maximum atomic E-state index is 11.2. The molecule has 2 aromatic carbocycles. The monoisotopic (exact) mass is 373 g/mol. The standard InChI is InChI=1S/C19H19NO7/c21-14-15(22)17(19(24)25)27-18(16(14)23)20(26)11-5-6-13-10(8-11)7-9-3-1-2-4-12(9)13/h1-6,8,14-18,21-23,26H,7H2,(H,24,25)/t14-,15-,16+,17-,18+/m0/s1. The van der Waals surface area contributed by atoms with Gasteiger partial charge in [-0.3, -0.25) is 5.21 Å². The molecule has 1 saturated heterocycles. The van der Waals surface area contributed by atoms with Gasteiger partial charge in [-0.05, 0) is 40.8 Å². The normalized spacial score (nSPS) is 29.1. The van der Waals surface area contributed by atoms with Crippen LogP contribution in [0.4, 0.5) is 5.69 Å². The molecule has 5 N–H and O–H groups in total. The van der Waals surface area contributed by atoms with E-state index >= 15 is 0 Å². The number of rotatable bonds is 3. The molecule has 0 saturated carbocycles. The van der Waals surface area contributed by atoms with Crippen molar-refractivity contribution in [3.63, 3.8) is 0 Å². The number of aliphatic carboxylic acids is 1. The second-order valence-corrected chi connectivity index (χ2v) is 6.78. The van der Waals surface area contributed by atoms with Crippen LogP contribution in [0.5, 0.6) is 0 Å². The minimum atomic E-state index is -1.81. The molecule has 27 heavy (non-hydrogen) atoms. The Morgan fingerprint density at radius 3 is 2.41 bits per heavy atom. The summed E-state index contributed by atoms with van der Waals surface area (Å²) in [7, 11) is 0. The van der Waals surface area contributed by atoms with E-state index in [1.165, 1.54) is 0 Å². The molecule has 0 unspecified atom stereocenters. The van der Waals surface area contributed by atoms with Crippen molar-refractivity contribution < 1.29 is 35.2 Å². The number of hydrogen-bond acceptors (Lipinski definition) is 7. The number of aliphatic hydroxyl groups excluding tert-OH is 3. The summed E-state index contributed by atoms with van der Waals surface area (Å²) in [5.41, 5.74) is 4.55. The summed E-state index contributed by atoms with van der Waals surface area (Å²) in [6.07, 6.45) is -7.94. The number of hydroxylamine groups is 1. The molecule has 142 valence electrons. The average Bonchev–Trinajstić information content (AvgIpc) is 3.03. The Balaban J connectivity index is 1.62. The van der Waals surface area contributed by atoms with Crippen LogP contribution in [0.25, 0.3) is 11.1 Å². The first kappa shape index (κ1) is 17.9. The maximum absolute atomic E-state index is 11.2. The number of hydrogen-bond donors (Lipinski definition) is 5. The van der Waals surface area contributed by atoms with Crippen molar-refractivity contribution in [1.82, 2.24) is 0 Å². The molecule has 0 radical (unpaired) electrons. The third kappa shape index (κ3) is 2.88. The quantitative estimate of drug-likeness (QED) is 0.416. The molecule has 0 aromatic heterocycles. The van der Waals surface area contributed by atoms with Crippen LogP contribution in [0.3, 0.4) is 0 Å². The van der Waals surface area contributed by atoms with Crippen LogP contribution in [0, 0.1) is 0 Å². The molecule has 2 aliphatic rings. The lowest BCUT2D eigenvalue weighted by molar-refractivity contribution is -0.237. The zero-order valence-corrected chi connectivity index (χ0v) is 14.1. The van der Waals surface area contributed by atoms with E-state index in [0.29, 0.717) is 11.5 Å². The van der Waals surface area contributed by atoms with Gasteiger partial charge in [0.15, 0.2) is 12.3 Å². The van der Waals surface area contributed by atoms with Gasteiger partial charge in [0.2, 0.25) is 0 Å². The molecular formula is C19H19NO7. The van der Waals surface area contributed by atoms with Crippen LogP contribution in [0.15, 0.2) is 42.5 Å². The van der Waals surface area contributed by atoms with Gasteiger partial charge in [-0.15, -0.1) is 0 Å². The number of aliphatic hydroxyl groups is 3. The number of anilines is 1. The lowest BCUT2D eigenvalue weighted by Crippen LogP contribution is -2.63. The third-order valence-electron chi connectivity index (χ3n) is 5.11. The van der Waals surface area contributed by atoms with E-state index < -0.39 is 36.6 Å². The molecule has 1 aliphatic carbocycles. The summed E-state index contributed by atoms with van der Waals surface area (Å²) >= 11 is 0. The topological polar surface area (TPSA) is 131 Å². The highest BCUT2D eigenvalue weighted by Gasteiger charge is 2.49. The molecule has 0 spiro atoms. The van der Waals surface area contributed by atoms with Crippen molar-refractivity contribution in [2.45, 2.75) is 37.1 Å². The van der Waals surface area contributed by atoms with Crippen LogP contribution >= 0.6 is 0 Å². The van der Waals surface area contributed by atoms with Crippen LogP contribution in [-0.4, -0.2) is 62.2 Å². The first-order valence-corrected chi connectivity index (χ1v) is 8.50. The third-order valence-corrected chi connectivity index (χ3v) is 5.11. The molecule has 0 amide bonds. The first-order valence-electron chi connectivity index (χ1n) is 8.50. The summed E-state index contributed by atoms with van der Waals surface area (Å²) in [4.78, 5) is 11.2. The zero-order chi connectivity index (χ0) is 19.3. The number of benzene rings is 2. The Morgan fingerprint density at radius 1 is 0.963 bits per heavy atom. The number of carboxylic acids is 1. The molecular weight excluding hydrogens is 354 g/mol. The Bertz CT molecular complexity index is 886. The fourth-order valence-electron chi connectivity index (χ4n) is 3.69. The fraction of sp³-hybridized carbons (Fsp3) is 0.316. The molecule has 8 heteroatoms. The minimum absolute atomic E-state index is 0.276. The van der Waals surface area contributed by atoms with Gasteiger partial charge >= 0.3 is 5.97 Å². The van der Waals surface area contributed by atoms with E-state index in [4.69, 9.17) is 9.84 Å². The summed E-state index contributed by atoms with van der Waals surface area (Å²) in [6.45, 7) is 0. The van der Waals surface area contributed by atoms with Crippen LogP contribution in [-0.2, 0) is 16.0 Å². The Labute approximate surface area is 154 Å². The Morgan fingerprint density at radius 2 is 1.67 bits per heavy atom.